The minimum Gasteiger partial charge on any atom is -0.468 e. The van der Waals surface area contributed by atoms with Gasteiger partial charge < -0.3 is 9.52 Å². The van der Waals surface area contributed by atoms with Gasteiger partial charge in [-0.3, -0.25) is 0 Å². The van der Waals surface area contributed by atoms with Crippen LogP contribution < -0.4 is 4.72 Å². The summed E-state index contributed by atoms with van der Waals surface area (Å²) in [4.78, 5) is 0.612. The van der Waals surface area contributed by atoms with Crippen molar-refractivity contribution in [1.82, 2.24) is 4.72 Å². The van der Waals surface area contributed by atoms with E-state index in [9.17, 15) is 8.42 Å². The monoisotopic (exact) mass is 287 g/mol. The van der Waals surface area contributed by atoms with Crippen LogP contribution in [-0.2, 0) is 16.6 Å². The second-order valence-corrected chi connectivity index (χ2v) is 6.85. The van der Waals surface area contributed by atoms with Crippen LogP contribution in [-0.4, -0.2) is 13.5 Å². The first-order chi connectivity index (χ1) is 8.53. The van der Waals surface area contributed by atoms with E-state index in [1.807, 2.05) is 0 Å². The number of hydrogen-bond acceptors (Lipinski definition) is 5. The van der Waals surface area contributed by atoms with E-state index < -0.39 is 16.1 Å². The molecule has 0 saturated carbocycles. The fourth-order valence-electron chi connectivity index (χ4n) is 1.47. The second-order valence-electron chi connectivity index (χ2n) is 3.74. The van der Waals surface area contributed by atoms with Crippen LogP contribution in [0, 0.1) is 0 Å². The normalized spacial score (nSPS) is 13.7. The molecule has 1 atom stereocenters. The fourth-order valence-corrected chi connectivity index (χ4v) is 3.92. The zero-order chi connectivity index (χ0) is 13.2. The van der Waals surface area contributed by atoms with E-state index >= 15 is 0 Å². The van der Waals surface area contributed by atoms with Gasteiger partial charge in [-0.1, -0.05) is 0 Å². The number of rotatable bonds is 5. The number of furan rings is 1. The average Bonchev–Trinajstić information content (AvgIpc) is 3.00. The Morgan fingerprint density at radius 3 is 2.78 bits per heavy atom. The van der Waals surface area contributed by atoms with E-state index in [-0.39, 0.29) is 10.8 Å². The van der Waals surface area contributed by atoms with E-state index in [0.29, 0.717) is 10.6 Å². The van der Waals surface area contributed by atoms with Crippen LogP contribution >= 0.6 is 11.3 Å². The highest BCUT2D eigenvalue weighted by Gasteiger charge is 2.21. The second kappa shape index (κ2) is 5.23. The Bertz CT molecular complexity index is 601. The Labute approximate surface area is 109 Å². The van der Waals surface area contributed by atoms with Crippen LogP contribution in [0.5, 0.6) is 0 Å². The van der Waals surface area contributed by atoms with Crippen LogP contribution in [0.25, 0.3) is 0 Å². The van der Waals surface area contributed by atoms with E-state index in [4.69, 9.17) is 9.52 Å². The van der Waals surface area contributed by atoms with Crippen molar-refractivity contribution in [2.45, 2.75) is 23.8 Å². The van der Waals surface area contributed by atoms with Crippen LogP contribution in [0.1, 0.15) is 23.6 Å². The molecule has 18 heavy (non-hydrogen) atoms. The van der Waals surface area contributed by atoms with Crippen LogP contribution in [0.2, 0.25) is 0 Å². The van der Waals surface area contributed by atoms with Crippen LogP contribution in [0.4, 0.5) is 0 Å². The molecule has 0 spiro atoms. The summed E-state index contributed by atoms with van der Waals surface area (Å²) in [6.45, 7) is 1.55. The van der Waals surface area contributed by atoms with Gasteiger partial charge in [0, 0.05) is 4.88 Å². The van der Waals surface area contributed by atoms with Gasteiger partial charge in [-0.15, -0.1) is 11.3 Å². The first-order valence-corrected chi connectivity index (χ1v) is 7.58. The molecule has 2 heterocycles. The largest absolute Gasteiger partial charge is 0.468 e. The summed E-state index contributed by atoms with van der Waals surface area (Å²) in [6.07, 6.45) is 1.50. The molecule has 7 heteroatoms. The summed E-state index contributed by atoms with van der Waals surface area (Å²) in [5.74, 6) is 0.553. The fraction of sp³-hybridized carbons (Fsp3) is 0.273. The number of sulfonamides is 1. The number of nitrogens with one attached hydrogen (secondary N) is 1. The summed E-state index contributed by atoms with van der Waals surface area (Å²) in [5, 5.41) is 8.93. The molecule has 0 saturated heterocycles. The zero-order valence-corrected chi connectivity index (χ0v) is 11.3. The molecule has 1 unspecified atom stereocenters. The average molecular weight is 287 g/mol. The molecule has 5 nitrogen and oxygen atoms in total. The highest BCUT2D eigenvalue weighted by Crippen LogP contribution is 2.23. The molecule has 0 aliphatic rings. The SMILES string of the molecule is CC(NS(=O)(=O)c1ccc(CO)s1)c1ccco1. The van der Waals surface area contributed by atoms with E-state index in [0.717, 1.165) is 11.3 Å². The van der Waals surface area contributed by atoms with Crippen LogP contribution in [0.3, 0.4) is 0 Å². The van der Waals surface area contributed by atoms with Gasteiger partial charge in [0.25, 0.3) is 10.0 Å². The van der Waals surface area contributed by atoms with Crippen molar-refractivity contribution in [2.75, 3.05) is 0 Å². The summed E-state index contributed by atoms with van der Waals surface area (Å²) >= 11 is 1.05. The summed E-state index contributed by atoms with van der Waals surface area (Å²) < 4.78 is 31.9. The van der Waals surface area contributed by atoms with Crippen molar-refractivity contribution < 1.29 is 17.9 Å². The molecular weight excluding hydrogens is 274 g/mol. The van der Waals surface area contributed by atoms with Crippen molar-refractivity contribution in [3.8, 4) is 0 Å². The maximum absolute atomic E-state index is 12.0. The maximum Gasteiger partial charge on any atom is 0.250 e. The molecular formula is C11H13NO4S2. The Morgan fingerprint density at radius 2 is 2.22 bits per heavy atom. The highest BCUT2D eigenvalue weighted by atomic mass is 32.2. The van der Waals surface area contributed by atoms with Crippen molar-refractivity contribution in [3.63, 3.8) is 0 Å². The first kappa shape index (κ1) is 13.3. The Hall–Kier alpha value is -1.15. The molecule has 0 amide bonds. The third-order valence-corrected chi connectivity index (χ3v) is 5.46. The number of thiophene rings is 1. The lowest BCUT2D eigenvalue weighted by Crippen LogP contribution is -2.25. The molecule has 0 radical (unpaired) electrons. The molecule has 2 aromatic heterocycles. The molecule has 2 rings (SSSR count). The minimum absolute atomic E-state index is 0.159. The Morgan fingerprint density at radius 1 is 1.44 bits per heavy atom. The molecule has 98 valence electrons. The predicted molar refractivity (Wildman–Crippen MR) is 67.7 cm³/mol. The number of aliphatic hydroxyl groups is 1. The predicted octanol–water partition coefficient (Wildman–Crippen LogP) is 1.87. The van der Waals surface area contributed by atoms with Gasteiger partial charge in [-0.2, -0.15) is 0 Å². The van der Waals surface area contributed by atoms with Gasteiger partial charge >= 0.3 is 0 Å². The summed E-state index contributed by atoms with van der Waals surface area (Å²) in [7, 11) is -3.58. The van der Waals surface area contributed by atoms with Crippen molar-refractivity contribution >= 4 is 21.4 Å². The lowest BCUT2D eigenvalue weighted by molar-refractivity contribution is 0.285. The van der Waals surface area contributed by atoms with Gasteiger partial charge in [0.15, 0.2) is 0 Å². The van der Waals surface area contributed by atoms with E-state index in [1.54, 1.807) is 25.1 Å². The van der Waals surface area contributed by atoms with Gasteiger partial charge in [0.2, 0.25) is 0 Å². The number of aliphatic hydroxyl groups excluding tert-OH is 1. The molecule has 0 fully saturated rings. The standard InChI is InChI=1S/C11H13NO4S2/c1-8(10-3-2-6-16-10)12-18(14,15)11-5-4-9(7-13)17-11/h2-6,8,12-13H,7H2,1H3. The van der Waals surface area contributed by atoms with Gasteiger partial charge in [-0.25, -0.2) is 13.1 Å². The maximum atomic E-state index is 12.0. The molecule has 2 aromatic rings. The van der Waals surface area contributed by atoms with E-state index in [1.165, 1.54) is 12.3 Å². The lowest BCUT2D eigenvalue weighted by Gasteiger charge is -2.10. The lowest BCUT2D eigenvalue weighted by atomic mass is 10.3. The molecule has 0 aromatic carbocycles. The van der Waals surface area contributed by atoms with Gasteiger partial charge in [0.05, 0.1) is 18.9 Å². The van der Waals surface area contributed by atoms with Crippen molar-refractivity contribution in [1.29, 1.82) is 0 Å². The van der Waals surface area contributed by atoms with Crippen molar-refractivity contribution in [3.05, 3.63) is 41.2 Å². The first-order valence-electron chi connectivity index (χ1n) is 5.28. The molecule has 0 bridgehead atoms. The third-order valence-electron chi connectivity index (χ3n) is 2.36. The topological polar surface area (TPSA) is 79.5 Å². The molecule has 2 N–H and O–H groups in total. The number of hydrogen-bond donors (Lipinski definition) is 2. The highest BCUT2D eigenvalue weighted by molar-refractivity contribution is 7.91. The third kappa shape index (κ3) is 2.81. The molecule has 0 aliphatic heterocycles. The summed E-state index contributed by atoms with van der Waals surface area (Å²) in [5.41, 5.74) is 0. The minimum atomic E-state index is -3.58. The van der Waals surface area contributed by atoms with Gasteiger partial charge in [-0.05, 0) is 31.2 Å². The molecule has 0 aliphatic carbocycles. The smallest absolute Gasteiger partial charge is 0.250 e. The Balaban J connectivity index is 2.17. The Kier molecular flexibility index (Phi) is 3.86. The van der Waals surface area contributed by atoms with E-state index in [2.05, 4.69) is 4.72 Å². The summed E-state index contributed by atoms with van der Waals surface area (Å²) in [6, 6.07) is 6.05. The zero-order valence-electron chi connectivity index (χ0n) is 9.66. The van der Waals surface area contributed by atoms with Gasteiger partial charge in [0.1, 0.15) is 9.97 Å². The quantitative estimate of drug-likeness (QED) is 0.880. The van der Waals surface area contributed by atoms with Crippen LogP contribution in [0.15, 0.2) is 39.2 Å². The van der Waals surface area contributed by atoms with Crippen molar-refractivity contribution in [2.24, 2.45) is 0 Å².